The first-order valence-corrected chi connectivity index (χ1v) is 7.85. The van der Waals surface area contributed by atoms with Gasteiger partial charge in [0.05, 0.1) is 6.20 Å². The van der Waals surface area contributed by atoms with Crippen molar-refractivity contribution in [1.29, 1.82) is 0 Å². The lowest BCUT2D eigenvalue weighted by Gasteiger charge is -2.09. The molecule has 0 spiro atoms. The summed E-state index contributed by atoms with van der Waals surface area (Å²) in [6.45, 7) is 5.38. The number of anilines is 1. The average molecular weight is 332 g/mol. The molecule has 0 amide bonds. The summed E-state index contributed by atoms with van der Waals surface area (Å²) in [5, 5.41) is 8.54. The quantitative estimate of drug-likeness (QED) is 0.753. The number of nitrogens with one attached hydrogen (secondary N) is 2. The number of hydrogen-bond acceptors (Lipinski definition) is 4. The van der Waals surface area contributed by atoms with Gasteiger partial charge in [0.25, 0.3) is 5.56 Å². The predicted molar refractivity (Wildman–Crippen MR) is 91.8 cm³/mol. The molecular weight excluding hydrogens is 314 g/mol. The number of nitrogens with zero attached hydrogens (tertiary/aromatic N) is 3. The lowest BCUT2D eigenvalue weighted by molar-refractivity contribution is 0.492. The minimum absolute atomic E-state index is 0.202. The number of aromatic amines is 1. The Hall–Kier alpha value is -2.34. The highest BCUT2D eigenvalue weighted by atomic mass is 35.5. The van der Waals surface area contributed by atoms with Crippen molar-refractivity contribution >= 4 is 28.6 Å². The molecule has 0 bridgehead atoms. The molecule has 2 heterocycles. The van der Waals surface area contributed by atoms with Crippen LogP contribution in [0, 0.1) is 5.92 Å². The fourth-order valence-electron chi connectivity index (χ4n) is 2.35. The van der Waals surface area contributed by atoms with E-state index >= 15 is 0 Å². The fourth-order valence-corrected chi connectivity index (χ4v) is 2.55. The van der Waals surface area contributed by atoms with Gasteiger partial charge in [0.2, 0.25) is 5.95 Å². The molecule has 0 aliphatic heterocycles. The second-order valence-electron chi connectivity index (χ2n) is 5.82. The van der Waals surface area contributed by atoms with Gasteiger partial charge in [-0.2, -0.15) is 10.1 Å². The number of H-pyrrole nitrogens is 1. The molecule has 120 valence electrons. The third kappa shape index (κ3) is 3.37. The van der Waals surface area contributed by atoms with E-state index in [0.717, 1.165) is 5.56 Å². The van der Waals surface area contributed by atoms with Crippen LogP contribution in [-0.4, -0.2) is 19.7 Å². The summed E-state index contributed by atoms with van der Waals surface area (Å²) in [6.07, 6.45) is 1.56. The number of aromatic nitrogens is 4. The highest BCUT2D eigenvalue weighted by molar-refractivity contribution is 6.31. The molecule has 0 aliphatic carbocycles. The first-order valence-electron chi connectivity index (χ1n) is 7.47. The van der Waals surface area contributed by atoms with Crippen molar-refractivity contribution in [3.63, 3.8) is 0 Å². The van der Waals surface area contributed by atoms with Crippen LogP contribution in [0.2, 0.25) is 5.02 Å². The van der Waals surface area contributed by atoms with Crippen molar-refractivity contribution in [1.82, 2.24) is 19.7 Å². The van der Waals surface area contributed by atoms with E-state index in [4.69, 9.17) is 11.6 Å². The molecule has 3 rings (SSSR count). The summed E-state index contributed by atoms with van der Waals surface area (Å²) in [7, 11) is 0. The average Bonchev–Trinajstić information content (AvgIpc) is 2.89. The van der Waals surface area contributed by atoms with Crippen molar-refractivity contribution in [2.24, 2.45) is 5.92 Å². The molecule has 1 aromatic carbocycles. The predicted octanol–water partition coefficient (Wildman–Crippen LogP) is 3.04. The molecule has 23 heavy (non-hydrogen) atoms. The van der Waals surface area contributed by atoms with E-state index < -0.39 is 0 Å². The number of halogens is 1. The zero-order valence-corrected chi connectivity index (χ0v) is 13.8. The van der Waals surface area contributed by atoms with Gasteiger partial charge in [0.15, 0.2) is 5.65 Å². The summed E-state index contributed by atoms with van der Waals surface area (Å²) in [5.74, 6) is 0.826. The molecule has 2 aromatic heterocycles. The highest BCUT2D eigenvalue weighted by Crippen LogP contribution is 2.16. The Bertz CT molecular complexity index is 884. The second kappa shape index (κ2) is 6.42. The Kier molecular flexibility index (Phi) is 4.34. The number of fused-ring (bicyclic) bond motifs is 1. The number of rotatable bonds is 5. The fraction of sp³-hybridized carbons (Fsp3) is 0.312. The zero-order valence-electron chi connectivity index (χ0n) is 13.0. The van der Waals surface area contributed by atoms with Crippen LogP contribution in [-0.2, 0) is 13.1 Å². The molecule has 3 aromatic rings. The standard InChI is InChI=1S/C16H18ClN5O/c1-10(2)9-22-14-12(8-19-22)15(23)21-16(20-14)18-7-11-5-3-4-6-13(11)17/h3-6,8,10H,7,9H2,1-2H3,(H2,18,20,21,23). The van der Waals surface area contributed by atoms with Gasteiger partial charge in [-0.25, -0.2) is 4.68 Å². The first kappa shape index (κ1) is 15.6. The van der Waals surface area contributed by atoms with E-state index in [1.54, 1.807) is 10.9 Å². The molecule has 0 saturated heterocycles. The van der Waals surface area contributed by atoms with E-state index in [9.17, 15) is 4.79 Å². The Morgan fingerprint density at radius 3 is 2.87 bits per heavy atom. The van der Waals surface area contributed by atoms with Gasteiger partial charge in [-0.05, 0) is 17.5 Å². The second-order valence-corrected chi connectivity index (χ2v) is 6.22. The Morgan fingerprint density at radius 2 is 2.13 bits per heavy atom. The van der Waals surface area contributed by atoms with E-state index in [-0.39, 0.29) is 5.56 Å². The Morgan fingerprint density at radius 1 is 1.35 bits per heavy atom. The van der Waals surface area contributed by atoms with Crippen LogP contribution in [0.1, 0.15) is 19.4 Å². The van der Waals surface area contributed by atoms with E-state index in [1.165, 1.54) is 0 Å². The smallest absolute Gasteiger partial charge is 0.263 e. The third-order valence-corrected chi connectivity index (χ3v) is 3.82. The van der Waals surface area contributed by atoms with Crippen molar-refractivity contribution in [3.8, 4) is 0 Å². The molecule has 6 nitrogen and oxygen atoms in total. The summed E-state index contributed by atoms with van der Waals surface area (Å²) in [4.78, 5) is 19.4. The van der Waals surface area contributed by atoms with Gasteiger partial charge in [-0.1, -0.05) is 43.6 Å². The van der Waals surface area contributed by atoms with Crippen molar-refractivity contribution < 1.29 is 0 Å². The highest BCUT2D eigenvalue weighted by Gasteiger charge is 2.11. The molecule has 0 saturated carbocycles. The number of benzene rings is 1. The van der Waals surface area contributed by atoms with Crippen LogP contribution in [0.5, 0.6) is 0 Å². The molecule has 0 radical (unpaired) electrons. The van der Waals surface area contributed by atoms with Crippen LogP contribution < -0.4 is 10.9 Å². The summed E-state index contributed by atoms with van der Waals surface area (Å²) in [6, 6.07) is 7.55. The lowest BCUT2D eigenvalue weighted by Crippen LogP contribution is -2.14. The molecule has 7 heteroatoms. The van der Waals surface area contributed by atoms with E-state index in [0.29, 0.717) is 41.0 Å². The maximum atomic E-state index is 12.2. The Balaban J connectivity index is 1.89. The van der Waals surface area contributed by atoms with E-state index in [1.807, 2.05) is 24.3 Å². The molecule has 0 aliphatic rings. The summed E-state index contributed by atoms with van der Waals surface area (Å²) >= 11 is 6.14. The van der Waals surface area contributed by atoms with Crippen molar-refractivity contribution in [2.75, 3.05) is 5.32 Å². The van der Waals surface area contributed by atoms with Gasteiger partial charge >= 0.3 is 0 Å². The van der Waals surface area contributed by atoms with Crippen LogP contribution in [0.3, 0.4) is 0 Å². The molecule has 2 N–H and O–H groups in total. The van der Waals surface area contributed by atoms with Crippen LogP contribution in [0.4, 0.5) is 5.95 Å². The SMILES string of the molecule is CC(C)Cn1ncc2c(=O)[nH]c(NCc3ccccc3Cl)nc21. The summed E-state index contributed by atoms with van der Waals surface area (Å²) in [5.41, 5.74) is 1.32. The Labute approximate surface area is 138 Å². The maximum Gasteiger partial charge on any atom is 0.263 e. The monoisotopic (exact) mass is 331 g/mol. The van der Waals surface area contributed by atoms with Gasteiger partial charge in [-0.3, -0.25) is 9.78 Å². The number of hydrogen-bond donors (Lipinski definition) is 2. The largest absolute Gasteiger partial charge is 0.352 e. The minimum atomic E-state index is -0.202. The zero-order chi connectivity index (χ0) is 16.4. The van der Waals surface area contributed by atoms with E-state index in [2.05, 4.69) is 34.2 Å². The molecule has 0 fully saturated rings. The van der Waals surface area contributed by atoms with Crippen LogP contribution in [0.15, 0.2) is 35.3 Å². The topological polar surface area (TPSA) is 75.6 Å². The lowest BCUT2D eigenvalue weighted by atomic mass is 10.2. The van der Waals surface area contributed by atoms with Crippen LogP contribution in [0.25, 0.3) is 11.0 Å². The normalized spacial score (nSPS) is 11.3. The van der Waals surface area contributed by atoms with Gasteiger partial charge in [-0.15, -0.1) is 0 Å². The first-order chi connectivity index (χ1) is 11.0. The molecule has 0 unspecified atom stereocenters. The van der Waals surface area contributed by atoms with Crippen molar-refractivity contribution in [3.05, 3.63) is 51.4 Å². The minimum Gasteiger partial charge on any atom is -0.352 e. The van der Waals surface area contributed by atoms with Gasteiger partial charge in [0.1, 0.15) is 5.39 Å². The summed E-state index contributed by atoms with van der Waals surface area (Å²) < 4.78 is 1.76. The van der Waals surface area contributed by atoms with Gasteiger partial charge < -0.3 is 5.32 Å². The van der Waals surface area contributed by atoms with Gasteiger partial charge in [0, 0.05) is 18.1 Å². The molecular formula is C16H18ClN5O. The molecule has 0 atom stereocenters. The van der Waals surface area contributed by atoms with Crippen LogP contribution >= 0.6 is 11.6 Å². The van der Waals surface area contributed by atoms with Crippen molar-refractivity contribution in [2.45, 2.75) is 26.9 Å². The third-order valence-electron chi connectivity index (χ3n) is 3.45. The maximum absolute atomic E-state index is 12.2.